The molecule has 2 rings (SSSR count). The van der Waals surface area contributed by atoms with E-state index in [1.807, 2.05) is 12.1 Å². The average molecular weight is 231 g/mol. The molecule has 1 atom stereocenters. The quantitative estimate of drug-likeness (QED) is 0.777. The molecule has 0 amide bonds. The van der Waals surface area contributed by atoms with Crippen molar-refractivity contribution in [3.05, 3.63) is 23.8 Å². The Morgan fingerprint density at radius 1 is 1.53 bits per heavy atom. The summed E-state index contributed by atoms with van der Waals surface area (Å²) in [4.78, 5) is 0. The van der Waals surface area contributed by atoms with E-state index < -0.39 is 0 Å². The summed E-state index contributed by atoms with van der Waals surface area (Å²) >= 11 is 0. The molecule has 0 radical (unpaired) electrons. The van der Waals surface area contributed by atoms with Crippen LogP contribution in [-0.4, -0.2) is 19.8 Å². The normalized spacial score (nSPS) is 18.9. The minimum Gasteiger partial charge on any atom is -0.398 e. The first-order valence-corrected chi connectivity index (χ1v) is 5.91. The molecule has 1 saturated heterocycles. The number of benzene rings is 1. The Hall–Kier alpha value is -1.73. The van der Waals surface area contributed by atoms with E-state index in [9.17, 15) is 0 Å². The molecular formula is C13H17N3O. The van der Waals surface area contributed by atoms with Crippen LogP contribution in [0.1, 0.15) is 18.4 Å². The Kier molecular flexibility index (Phi) is 3.84. The number of rotatable bonds is 4. The summed E-state index contributed by atoms with van der Waals surface area (Å²) in [5.74, 6) is 0.679. The molecule has 1 aliphatic rings. The fourth-order valence-corrected chi connectivity index (χ4v) is 2.01. The maximum Gasteiger partial charge on any atom is 0.101 e. The summed E-state index contributed by atoms with van der Waals surface area (Å²) < 4.78 is 5.33. The lowest BCUT2D eigenvalue weighted by atomic mass is 10.1. The zero-order valence-electron chi connectivity index (χ0n) is 9.78. The van der Waals surface area contributed by atoms with Gasteiger partial charge in [0.25, 0.3) is 0 Å². The number of nitrogens with one attached hydrogen (secondary N) is 1. The molecular weight excluding hydrogens is 214 g/mol. The molecule has 3 N–H and O–H groups in total. The zero-order valence-corrected chi connectivity index (χ0v) is 9.78. The van der Waals surface area contributed by atoms with E-state index in [4.69, 9.17) is 15.7 Å². The Labute approximate surface area is 101 Å². The molecule has 4 heteroatoms. The molecule has 0 bridgehead atoms. The van der Waals surface area contributed by atoms with Crippen LogP contribution in [0.2, 0.25) is 0 Å². The van der Waals surface area contributed by atoms with Crippen molar-refractivity contribution in [2.24, 2.45) is 5.92 Å². The third-order valence-corrected chi connectivity index (χ3v) is 3.08. The van der Waals surface area contributed by atoms with Crippen LogP contribution < -0.4 is 11.1 Å². The first-order chi connectivity index (χ1) is 8.29. The van der Waals surface area contributed by atoms with Gasteiger partial charge >= 0.3 is 0 Å². The molecule has 1 aromatic rings. The van der Waals surface area contributed by atoms with Crippen LogP contribution in [0.25, 0.3) is 0 Å². The number of anilines is 2. The van der Waals surface area contributed by atoms with Crippen molar-refractivity contribution in [2.75, 3.05) is 30.8 Å². The van der Waals surface area contributed by atoms with Gasteiger partial charge in [-0.15, -0.1) is 0 Å². The summed E-state index contributed by atoms with van der Waals surface area (Å²) in [7, 11) is 0. The van der Waals surface area contributed by atoms with Crippen molar-refractivity contribution in [2.45, 2.75) is 12.8 Å². The fraction of sp³-hybridized carbons (Fsp3) is 0.462. The van der Waals surface area contributed by atoms with Gasteiger partial charge < -0.3 is 15.8 Å². The number of hydrogen-bond acceptors (Lipinski definition) is 4. The number of nitriles is 1. The molecule has 90 valence electrons. The Morgan fingerprint density at radius 3 is 3.06 bits per heavy atom. The molecule has 1 fully saturated rings. The van der Waals surface area contributed by atoms with Crippen LogP contribution in [-0.2, 0) is 4.74 Å². The minimum absolute atomic E-state index is 0.528. The molecule has 0 aromatic heterocycles. The van der Waals surface area contributed by atoms with Crippen LogP contribution in [0.4, 0.5) is 11.4 Å². The van der Waals surface area contributed by atoms with Crippen LogP contribution in [0.3, 0.4) is 0 Å². The number of hydrogen-bond donors (Lipinski definition) is 2. The molecule has 1 aliphatic heterocycles. The Bertz CT molecular complexity index is 419. The van der Waals surface area contributed by atoms with E-state index >= 15 is 0 Å². The second-order valence-corrected chi connectivity index (χ2v) is 4.36. The van der Waals surface area contributed by atoms with E-state index in [0.717, 1.165) is 38.3 Å². The van der Waals surface area contributed by atoms with E-state index in [0.29, 0.717) is 17.2 Å². The molecule has 1 heterocycles. The summed E-state index contributed by atoms with van der Waals surface area (Å²) in [5.41, 5.74) is 7.77. The van der Waals surface area contributed by atoms with Crippen LogP contribution in [0, 0.1) is 17.2 Å². The number of nitrogens with two attached hydrogens (primary N) is 1. The van der Waals surface area contributed by atoms with E-state index in [-0.39, 0.29) is 0 Å². The fourth-order valence-electron chi connectivity index (χ4n) is 2.01. The van der Waals surface area contributed by atoms with Gasteiger partial charge in [0.1, 0.15) is 6.07 Å². The van der Waals surface area contributed by atoms with Crippen molar-refractivity contribution in [1.29, 1.82) is 5.26 Å². The van der Waals surface area contributed by atoms with Gasteiger partial charge in [-0.25, -0.2) is 0 Å². The molecule has 0 spiro atoms. The predicted octanol–water partition coefficient (Wildman–Crippen LogP) is 1.98. The lowest BCUT2D eigenvalue weighted by molar-refractivity contribution is 0.185. The van der Waals surface area contributed by atoms with Gasteiger partial charge in [-0.1, -0.05) is 0 Å². The van der Waals surface area contributed by atoms with Gasteiger partial charge in [-0.2, -0.15) is 5.26 Å². The topological polar surface area (TPSA) is 71.1 Å². The van der Waals surface area contributed by atoms with E-state index in [1.54, 1.807) is 6.07 Å². The summed E-state index contributed by atoms with van der Waals surface area (Å²) in [6.45, 7) is 2.70. The van der Waals surface area contributed by atoms with Crippen molar-refractivity contribution in [3.8, 4) is 6.07 Å². The Balaban J connectivity index is 1.82. The minimum atomic E-state index is 0.528. The van der Waals surface area contributed by atoms with Gasteiger partial charge in [-0.3, -0.25) is 0 Å². The molecule has 1 aromatic carbocycles. The first kappa shape index (κ1) is 11.7. The first-order valence-electron chi connectivity index (χ1n) is 5.91. The predicted molar refractivity (Wildman–Crippen MR) is 67.6 cm³/mol. The van der Waals surface area contributed by atoms with E-state index in [2.05, 4.69) is 11.4 Å². The highest BCUT2D eigenvalue weighted by molar-refractivity contribution is 5.62. The number of ether oxygens (including phenoxy) is 1. The standard InChI is InChI=1S/C13H17N3O/c14-8-11-1-2-12(7-13(11)15)16-5-3-10-4-6-17-9-10/h1-2,7,10,16H,3-6,9,15H2. The lowest BCUT2D eigenvalue weighted by Gasteiger charge is -2.10. The van der Waals surface area contributed by atoms with Gasteiger partial charge in [0.2, 0.25) is 0 Å². The second-order valence-electron chi connectivity index (χ2n) is 4.36. The number of nitrogen functional groups attached to an aromatic ring is 1. The van der Waals surface area contributed by atoms with Gasteiger partial charge in [0.05, 0.1) is 11.3 Å². The van der Waals surface area contributed by atoms with Gasteiger partial charge in [0, 0.05) is 25.4 Å². The highest BCUT2D eigenvalue weighted by Gasteiger charge is 2.14. The van der Waals surface area contributed by atoms with Crippen molar-refractivity contribution < 1.29 is 4.74 Å². The maximum atomic E-state index is 8.76. The molecule has 1 unspecified atom stereocenters. The number of nitrogens with zero attached hydrogens (tertiary/aromatic N) is 1. The van der Waals surface area contributed by atoms with Crippen LogP contribution in [0.15, 0.2) is 18.2 Å². The maximum absolute atomic E-state index is 8.76. The van der Waals surface area contributed by atoms with Gasteiger partial charge in [-0.05, 0) is 37.0 Å². The monoisotopic (exact) mass is 231 g/mol. The third kappa shape index (κ3) is 3.11. The molecule has 17 heavy (non-hydrogen) atoms. The van der Waals surface area contributed by atoms with Crippen molar-refractivity contribution in [3.63, 3.8) is 0 Å². The Morgan fingerprint density at radius 2 is 2.41 bits per heavy atom. The summed E-state index contributed by atoms with van der Waals surface area (Å²) in [6, 6.07) is 7.50. The largest absolute Gasteiger partial charge is 0.398 e. The van der Waals surface area contributed by atoms with Crippen LogP contribution in [0.5, 0.6) is 0 Å². The molecule has 4 nitrogen and oxygen atoms in total. The van der Waals surface area contributed by atoms with Gasteiger partial charge in [0.15, 0.2) is 0 Å². The second kappa shape index (κ2) is 5.55. The summed E-state index contributed by atoms with van der Waals surface area (Å²) in [6.07, 6.45) is 2.27. The van der Waals surface area contributed by atoms with Crippen molar-refractivity contribution >= 4 is 11.4 Å². The SMILES string of the molecule is N#Cc1ccc(NCCC2CCOC2)cc1N. The van der Waals surface area contributed by atoms with Crippen LogP contribution >= 0.6 is 0 Å². The molecule has 0 aliphatic carbocycles. The zero-order chi connectivity index (χ0) is 12.1. The molecule has 0 saturated carbocycles. The highest BCUT2D eigenvalue weighted by Crippen LogP contribution is 2.19. The van der Waals surface area contributed by atoms with E-state index in [1.165, 1.54) is 0 Å². The summed E-state index contributed by atoms with van der Waals surface area (Å²) in [5, 5.41) is 12.1. The van der Waals surface area contributed by atoms with Crippen molar-refractivity contribution in [1.82, 2.24) is 0 Å². The lowest BCUT2D eigenvalue weighted by Crippen LogP contribution is -2.09. The third-order valence-electron chi connectivity index (χ3n) is 3.08. The highest BCUT2D eigenvalue weighted by atomic mass is 16.5. The smallest absolute Gasteiger partial charge is 0.101 e. The average Bonchev–Trinajstić information content (AvgIpc) is 2.82.